The lowest BCUT2D eigenvalue weighted by atomic mass is 10.1. The van der Waals surface area contributed by atoms with Crippen LogP contribution in [0.1, 0.15) is 11.1 Å². The van der Waals surface area contributed by atoms with Crippen LogP contribution < -0.4 is 10.6 Å². The Bertz CT molecular complexity index is 1200. The molecule has 154 valence electrons. The van der Waals surface area contributed by atoms with Crippen molar-refractivity contribution in [3.63, 3.8) is 0 Å². The normalized spacial score (nSPS) is 11.6. The molecule has 0 spiro atoms. The Hall–Kier alpha value is -3.26. The molecule has 0 fully saturated rings. The van der Waals surface area contributed by atoms with Crippen LogP contribution in [0.25, 0.3) is 21.5 Å². The highest BCUT2D eigenvalue weighted by Gasteiger charge is 2.30. The van der Waals surface area contributed by atoms with Gasteiger partial charge in [0.15, 0.2) is 0 Å². The van der Waals surface area contributed by atoms with Gasteiger partial charge >= 0.3 is 12.2 Å². The molecule has 0 radical (unpaired) electrons. The third-order valence-corrected chi connectivity index (χ3v) is 5.72. The summed E-state index contributed by atoms with van der Waals surface area (Å²) in [5.41, 5.74) is 2.27. The summed E-state index contributed by atoms with van der Waals surface area (Å²) in [7, 11) is 1.98. The molecule has 2 heterocycles. The number of aromatic nitrogens is 1. The Balaban J connectivity index is 1.57. The number of hydrogen-bond donors (Lipinski definition) is 2. The number of carbonyl (C=O) groups excluding carboxylic acids is 1. The second-order valence-corrected chi connectivity index (χ2v) is 7.71. The minimum atomic E-state index is -4.47. The van der Waals surface area contributed by atoms with Crippen molar-refractivity contribution >= 4 is 34.0 Å². The number of rotatable bonds is 4. The fourth-order valence-electron chi connectivity index (χ4n) is 3.50. The van der Waals surface area contributed by atoms with Gasteiger partial charge < -0.3 is 15.2 Å². The van der Waals surface area contributed by atoms with Gasteiger partial charge in [0, 0.05) is 35.7 Å². The van der Waals surface area contributed by atoms with Crippen LogP contribution in [0.5, 0.6) is 0 Å². The van der Waals surface area contributed by atoms with Gasteiger partial charge in [-0.05, 0) is 35.7 Å². The molecule has 4 nitrogen and oxygen atoms in total. The molecule has 30 heavy (non-hydrogen) atoms. The van der Waals surface area contributed by atoms with Crippen LogP contribution in [-0.2, 0) is 19.8 Å². The number of thiophene rings is 1. The summed E-state index contributed by atoms with van der Waals surface area (Å²) in [6.07, 6.45) is -4.47. The summed E-state index contributed by atoms with van der Waals surface area (Å²) in [6, 6.07) is 15.9. The van der Waals surface area contributed by atoms with E-state index in [2.05, 4.69) is 15.2 Å². The first-order valence-electron chi connectivity index (χ1n) is 9.17. The number of hydrogen-bond acceptors (Lipinski definition) is 2. The van der Waals surface area contributed by atoms with Gasteiger partial charge in [-0.1, -0.05) is 30.3 Å². The maximum Gasteiger partial charge on any atom is 0.416 e. The molecule has 0 aliphatic rings. The van der Waals surface area contributed by atoms with Crippen LogP contribution in [0.15, 0.2) is 66.0 Å². The Morgan fingerprint density at radius 3 is 2.60 bits per heavy atom. The van der Waals surface area contributed by atoms with Crippen molar-refractivity contribution in [1.82, 2.24) is 9.88 Å². The number of halogens is 3. The van der Waals surface area contributed by atoms with E-state index in [0.717, 1.165) is 39.2 Å². The third kappa shape index (κ3) is 3.91. The number of alkyl halides is 3. The lowest BCUT2D eigenvalue weighted by Gasteiger charge is -2.11. The van der Waals surface area contributed by atoms with E-state index in [1.807, 2.05) is 48.8 Å². The highest BCUT2D eigenvalue weighted by Crippen LogP contribution is 2.35. The van der Waals surface area contributed by atoms with Gasteiger partial charge in [-0.2, -0.15) is 13.2 Å². The quantitative estimate of drug-likeness (QED) is 0.396. The van der Waals surface area contributed by atoms with Crippen LogP contribution in [-0.4, -0.2) is 10.6 Å². The van der Waals surface area contributed by atoms with Gasteiger partial charge in [-0.3, -0.25) is 0 Å². The maximum atomic E-state index is 12.9. The fourth-order valence-corrected chi connectivity index (χ4v) is 4.33. The Kier molecular flexibility index (Phi) is 5.26. The van der Waals surface area contributed by atoms with Gasteiger partial charge in [0.2, 0.25) is 0 Å². The summed E-state index contributed by atoms with van der Waals surface area (Å²) in [5.74, 6) is 0. The number of amides is 2. The van der Waals surface area contributed by atoms with Gasteiger partial charge in [0.25, 0.3) is 0 Å². The van der Waals surface area contributed by atoms with Crippen LogP contribution in [0, 0.1) is 0 Å². The SMILES string of the molecule is Cn1c(-c2cccs2)c(CNC(=O)Nc2cccc(C(F)(F)F)c2)c2ccccc21. The Morgan fingerprint density at radius 2 is 1.87 bits per heavy atom. The van der Waals surface area contributed by atoms with E-state index in [4.69, 9.17) is 0 Å². The van der Waals surface area contributed by atoms with E-state index >= 15 is 0 Å². The third-order valence-electron chi connectivity index (χ3n) is 4.84. The fraction of sp³-hybridized carbons (Fsp3) is 0.136. The molecule has 0 unspecified atom stereocenters. The highest BCUT2D eigenvalue weighted by molar-refractivity contribution is 7.13. The molecule has 0 bridgehead atoms. The first-order chi connectivity index (χ1) is 14.3. The predicted molar refractivity (Wildman–Crippen MR) is 114 cm³/mol. The second kappa shape index (κ2) is 7.87. The lowest BCUT2D eigenvalue weighted by Crippen LogP contribution is -2.28. The van der Waals surface area contributed by atoms with Crippen molar-refractivity contribution in [3.8, 4) is 10.6 Å². The van der Waals surface area contributed by atoms with E-state index < -0.39 is 17.8 Å². The standard InChI is InChI=1S/C22H18F3N3OS/c1-28-18-9-3-2-8-16(18)17(20(28)19-10-5-11-30-19)13-26-21(29)27-15-7-4-6-14(12-15)22(23,24)25/h2-12H,13H2,1H3,(H2,26,27,29). The number of fused-ring (bicyclic) bond motifs is 1. The average molecular weight is 429 g/mol. The monoisotopic (exact) mass is 429 g/mol. The average Bonchev–Trinajstić information content (AvgIpc) is 3.33. The van der Waals surface area contributed by atoms with E-state index in [1.165, 1.54) is 12.1 Å². The Morgan fingerprint density at radius 1 is 1.07 bits per heavy atom. The van der Waals surface area contributed by atoms with Crippen LogP contribution in [0.3, 0.4) is 0 Å². The van der Waals surface area contributed by atoms with Gasteiger partial charge in [-0.25, -0.2) is 4.79 Å². The van der Waals surface area contributed by atoms with Crippen LogP contribution in [0.4, 0.5) is 23.7 Å². The van der Waals surface area contributed by atoms with Crippen molar-refractivity contribution in [2.45, 2.75) is 12.7 Å². The van der Waals surface area contributed by atoms with E-state index in [0.29, 0.717) is 0 Å². The Labute approximate surface area is 175 Å². The van der Waals surface area contributed by atoms with E-state index in [9.17, 15) is 18.0 Å². The lowest BCUT2D eigenvalue weighted by molar-refractivity contribution is -0.137. The number of anilines is 1. The largest absolute Gasteiger partial charge is 0.416 e. The minimum absolute atomic E-state index is 0.0822. The number of urea groups is 1. The van der Waals surface area contributed by atoms with Crippen LogP contribution >= 0.6 is 11.3 Å². The minimum Gasteiger partial charge on any atom is -0.343 e. The molecule has 2 aromatic carbocycles. The number of aryl methyl sites for hydroxylation is 1. The molecule has 4 rings (SSSR count). The summed E-state index contributed by atoms with van der Waals surface area (Å²) in [6.45, 7) is 0.235. The summed E-state index contributed by atoms with van der Waals surface area (Å²) < 4.78 is 40.7. The highest BCUT2D eigenvalue weighted by atomic mass is 32.1. The van der Waals surface area contributed by atoms with Gasteiger partial charge in [-0.15, -0.1) is 11.3 Å². The van der Waals surface area contributed by atoms with Crippen molar-refractivity contribution in [2.24, 2.45) is 7.05 Å². The first-order valence-corrected chi connectivity index (χ1v) is 10.0. The molecule has 2 N–H and O–H groups in total. The van der Waals surface area contributed by atoms with Crippen LogP contribution in [0.2, 0.25) is 0 Å². The number of nitrogens with zero attached hydrogens (tertiary/aromatic N) is 1. The summed E-state index contributed by atoms with van der Waals surface area (Å²) in [5, 5.41) is 8.26. The molecular weight excluding hydrogens is 411 g/mol. The van der Waals surface area contributed by atoms with Gasteiger partial charge in [0.05, 0.1) is 16.1 Å². The number of benzene rings is 2. The number of nitrogens with one attached hydrogen (secondary N) is 2. The summed E-state index contributed by atoms with van der Waals surface area (Å²) >= 11 is 1.60. The van der Waals surface area contributed by atoms with Crippen molar-refractivity contribution in [3.05, 3.63) is 77.2 Å². The molecule has 0 aliphatic heterocycles. The smallest absolute Gasteiger partial charge is 0.343 e. The van der Waals surface area contributed by atoms with Crippen molar-refractivity contribution < 1.29 is 18.0 Å². The van der Waals surface area contributed by atoms with Crippen molar-refractivity contribution in [2.75, 3.05) is 5.32 Å². The molecule has 2 amide bonds. The molecule has 0 saturated carbocycles. The second-order valence-electron chi connectivity index (χ2n) is 6.77. The molecular formula is C22H18F3N3OS. The molecule has 0 aliphatic carbocycles. The van der Waals surface area contributed by atoms with E-state index in [1.54, 1.807) is 11.3 Å². The van der Waals surface area contributed by atoms with Gasteiger partial charge in [0.1, 0.15) is 0 Å². The zero-order chi connectivity index (χ0) is 21.3. The topological polar surface area (TPSA) is 46.1 Å². The number of carbonyl (C=O) groups is 1. The van der Waals surface area contributed by atoms with Crippen molar-refractivity contribution in [1.29, 1.82) is 0 Å². The molecule has 0 saturated heterocycles. The maximum absolute atomic E-state index is 12.9. The summed E-state index contributed by atoms with van der Waals surface area (Å²) in [4.78, 5) is 13.5. The first kappa shape index (κ1) is 20.0. The predicted octanol–water partition coefficient (Wildman–Crippen LogP) is 6.25. The van der Waals surface area contributed by atoms with E-state index in [-0.39, 0.29) is 12.2 Å². The zero-order valence-electron chi connectivity index (χ0n) is 16.0. The zero-order valence-corrected chi connectivity index (χ0v) is 16.8. The molecule has 2 aromatic heterocycles. The molecule has 4 aromatic rings. The molecule has 0 atom stereocenters. The number of para-hydroxylation sites is 1. The molecule has 8 heteroatoms.